The van der Waals surface area contributed by atoms with Gasteiger partial charge in [0.25, 0.3) is 0 Å². The molecule has 178 valence electrons. The van der Waals surface area contributed by atoms with Gasteiger partial charge in [-0.25, -0.2) is 9.97 Å². The van der Waals surface area contributed by atoms with Gasteiger partial charge in [-0.05, 0) is 31.0 Å². The summed E-state index contributed by atoms with van der Waals surface area (Å²) in [5.74, 6) is 3.42. The topological polar surface area (TPSA) is 61.4 Å². The van der Waals surface area contributed by atoms with E-state index in [1.807, 2.05) is 57.0 Å². The summed E-state index contributed by atoms with van der Waals surface area (Å²) in [6, 6.07) is 5.74. The van der Waals surface area contributed by atoms with Crippen LogP contribution in [0.4, 0.5) is 0 Å². The van der Waals surface area contributed by atoms with Crippen LogP contribution >= 0.6 is 11.6 Å². The van der Waals surface area contributed by atoms with Crippen molar-refractivity contribution in [2.45, 2.75) is 78.6 Å². The molecule has 1 saturated carbocycles. The molecular weight excluding hydrogens is 432 g/mol. The SMILES string of the molecule is CC.CCCCCC.Cn1nc(Cc2nc3cnc4ccc(Cl)cc4c3n2C)nc1C1CC1. The molecule has 0 aliphatic heterocycles. The van der Waals surface area contributed by atoms with Crippen LogP contribution in [0.25, 0.3) is 21.9 Å². The molecule has 33 heavy (non-hydrogen) atoms. The Bertz CT molecular complexity index is 1180. The summed E-state index contributed by atoms with van der Waals surface area (Å²) in [5.41, 5.74) is 2.82. The monoisotopic (exact) mass is 468 g/mol. The van der Waals surface area contributed by atoms with Crippen LogP contribution in [0, 0.1) is 0 Å². The number of hydrogen-bond acceptors (Lipinski definition) is 4. The van der Waals surface area contributed by atoms with Crippen molar-refractivity contribution in [1.82, 2.24) is 29.3 Å². The molecule has 3 aromatic heterocycles. The lowest BCUT2D eigenvalue weighted by atomic mass is 10.2. The van der Waals surface area contributed by atoms with Crippen LogP contribution in [0.1, 0.15) is 89.6 Å². The highest BCUT2D eigenvalue weighted by molar-refractivity contribution is 6.31. The number of unbranched alkanes of at least 4 members (excludes halogenated alkanes) is 3. The van der Waals surface area contributed by atoms with Gasteiger partial charge in [-0.2, -0.15) is 5.10 Å². The van der Waals surface area contributed by atoms with E-state index in [0.29, 0.717) is 17.4 Å². The zero-order valence-corrected chi connectivity index (χ0v) is 21.7. The summed E-state index contributed by atoms with van der Waals surface area (Å²) in [6.07, 6.45) is 10.4. The normalized spacial score (nSPS) is 12.9. The molecule has 1 aliphatic carbocycles. The standard InChI is InChI=1S/C18H17ClN6.C6H14.C2H6/c1-24-16(8-15-22-18(10-3-4-10)25(2)23-15)21-14-9-20-13-6-5-11(19)7-12(13)17(14)24;1-3-5-6-4-2;1-2/h5-7,9-10H,3-4,8H2,1-2H3;3-6H2,1-2H3;1-2H3. The molecule has 0 radical (unpaired) electrons. The second kappa shape index (κ2) is 11.6. The molecule has 1 aliphatic rings. The van der Waals surface area contributed by atoms with Crippen LogP contribution < -0.4 is 0 Å². The number of aryl methyl sites for hydroxylation is 2. The molecule has 0 atom stereocenters. The quantitative estimate of drug-likeness (QED) is 0.286. The Morgan fingerprint density at radius 3 is 2.33 bits per heavy atom. The van der Waals surface area contributed by atoms with Gasteiger partial charge < -0.3 is 4.57 Å². The van der Waals surface area contributed by atoms with Crippen molar-refractivity contribution in [3.8, 4) is 0 Å². The Balaban J connectivity index is 0.000000336. The first kappa shape index (κ1) is 25.2. The average molecular weight is 469 g/mol. The minimum absolute atomic E-state index is 0.585. The fraction of sp³-hybridized carbons (Fsp3) is 0.538. The molecule has 0 amide bonds. The van der Waals surface area contributed by atoms with Crippen LogP contribution in [0.5, 0.6) is 0 Å². The lowest BCUT2D eigenvalue weighted by Crippen LogP contribution is -2.01. The smallest absolute Gasteiger partial charge is 0.158 e. The number of benzene rings is 1. The van der Waals surface area contributed by atoms with Crippen molar-refractivity contribution >= 4 is 33.5 Å². The molecule has 1 fully saturated rings. The largest absolute Gasteiger partial charge is 0.330 e. The summed E-state index contributed by atoms with van der Waals surface area (Å²) in [6.45, 7) is 8.46. The highest BCUT2D eigenvalue weighted by atomic mass is 35.5. The third-order valence-electron chi connectivity index (χ3n) is 5.81. The van der Waals surface area contributed by atoms with Gasteiger partial charge in [0.05, 0.1) is 23.7 Å². The van der Waals surface area contributed by atoms with E-state index in [0.717, 1.165) is 39.4 Å². The lowest BCUT2D eigenvalue weighted by molar-refractivity contribution is 0.695. The van der Waals surface area contributed by atoms with Gasteiger partial charge >= 0.3 is 0 Å². The maximum atomic E-state index is 6.18. The first-order chi connectivity index (χ1) is 16.0. The molecule has 6 nitrogen and oxygen atoms in total. The highest BCUT2D eigenvalue weighted by Gasteiger charge is 2.29. The van der Waals surface area contributed by atoms with Crippen LogP contribution in [0.3, 0.4) is 0 Å². The average Bonchev–Trinajstić information content (AvgIpc) is 3.53. The van der Waals surface area contributed by atoms with E-state index in [4.69, 9.17) is 21.6 Å². The molecule has 0 unspecified atom stereocenters. The molecule has 4 aromatic rings. The van der Waals surface area contributed by atoms with Crippen molar-refractivity contribution in [3.63, 3.8) is 0 Å². The Morgan fingerprint density at radius 1 is 1.00 bits per heavy atom. The number of hydrogen-bond donors (Lipinski definition) is 0. The number of nitrogens with zero attached hydrogens (tertiary/aromatic N) is 6. The number of rotatable bonds is 6. The molecule has 0 saturated heterocycles. The van der Waals surface area contributed by atoms with E-state index in [-0.39, 0.29) is 0 Å². The predicted molar refractivity (Wildman–Crippen MR) is 138 cm³/mol. The second-order valence-corrected chi connectivity index (χ2v) is 8.84. The highest BCUT2D eigenvalue weighted by Crippen LogP contribution is 2.38. The van der Waals surface area contributed by atoms with E-state index < -0.39 is 0 Å². The Hall–Kier alpha value is -2.47. The van der Waals surface area contributed by atoms with E-state index in [2.05, 4.69) is 28.5 Å². The second-order valence-electron chi connectivity index (χ2n) is 8.41. The molecule has 1 aromatic carbocycles. The number of aromatic nitrogens is 6. The number of halogens is 1. The molecule has 5 rings (SSSR count). The molecule has 0 N–H and O–H groups in total. The fourth-order valence-corrected chi connectivity index (χ4v) is 4.11. The Kier molecular flexibility index (Phi) is 8.84. The Labute approximate surface area is 202 Å². The van der Waals surface area contributed by atoms with Crippen molar-refractivity contribution in [3.05, 3.63) is 46.9 Å². The summed E-state index contributed by atoms with van der Waals surface area (Å²) in [5, 5.41) is 6.28. The van der Waals surface area contributed by atoms with Gasteiger partial charge in [0.2, 0.25) is 0 Å². The fourth-order valence-electron chi connectivity index (χ4n) is 3.94. The summed E-state index contributed by atoms with van der Waals surface area (Å²) in [7, 11) is 3.99. The van der Waals surface area contributed by atoms with Gasteiger partial charge in [0.1, 0.15) is 17.2 Å². The van der Waals surface area contributed by atoms with E-state index in [9.17, 15) is 0 Å². The summed E-state index contributed by atoms with van der Waals surface area (Å²) >= 11 is 6.18. The van der Waals surface area contributed by atoms with Crippen LogP contribution in [0.2, 0.25) is 5.02 Å². The summed E-state index contributed by atoms with van der Waals surface area (Å²) < 4.78 is 4.01. The first-order valence-electron chi connectivity index (χ1n) is 12.3. The molecule has 0 spiro atoms. The molecule has 3 heterocycles. The van der Waals surface area contributed by atoms with E-state index >= 15 is 0 Å². The number of fused-ring (bicyclic) bond motifs is 3. The van der Waals surface area contributed by atoms with Crippen molar-refractivity contribution in [2.75, 3.05) is 0 Å². The lowest BCUT2D eigenvalue weighted by Gasteiger charge is -2.03. The van der Waals surface area contributed by atoms with Crippen LogP contribution in [-0.2, 0) is 20.5 Å². The third-order valence-corrected chi connectivity index (χ3v) is 6.05. The third kappa shape index (κ3) is 5.91. The number of pyridine rings is 1. The van der Waals surface area contributed by atoms with Crippen molar-refractivity contribution in [1.29, 1.82) is 0 Å². The maximum Gasteiger partial charge on any atom is 0.158 e. The van der Waals surface area contributed by atoms with Crippen LogP contribution in [-0.4, -0.2) is 29.3 Å². The van der Waals surface area contributed by atoms with Gasteiger partial charge in [0.15, 0.2) is 5.82 Å². The maximum absolute atomic E-state index is 6.18. The molecular formula is C26H37ClN6. The first-order valence-corrected chi connectivity index (χ1v) is 12.7. The molecule has 0 bridgehead atoms. The predicted octanol–water partition coefficient (Wildman–Crippen LogP) is 6.98. The minimum Gasteiger partial charge on any atom is -0.330 e. The zero-order chi connectivity index (χ0) is 24.0. The van der Waals surface area contributed by atoms with E-state index in [1.165, 1.54) is 38.5 Å². The summed E-state index contributed by atoms with van der Waals surface area (Å²) in [4.78, 5) is 14.0. The van der Waals surface area contributed by atoms with Gasteiger partial charge in [-0.15, -0.1) is 0 Å². The van der Waals surface area contributed by atoms with Gasteiger partial charge in [-0.3, -0.25) is 9.67 Å². The van der Waals surface area contributed by atoms with Crippen molar-refractivity contribution in [2.24, 2.45) is 14.1 Å². The number of imidazole rings is 1. The van der Waals surface area contributed by atoms with Crippen molar-refractivity contribution < 1.29 is 0 Å². The van der Waals surface area contributed by atoms with Gasteiger partial charge in [0, 0.05) is 30.4 Å². The van der Waals surface area contributed by atoms with Gasteiger partial charge in [-0.1, -0.05) is 65.0 Å². The minimum atomic E-state index is 0.585. The Morgan fingerprint density at radius 2 is 1.70 bits per heavy atom. The molecule has 7 heteroatoms. The van der Waals surface area contributed by atoms with Crippen LogP contribution in [0.15, 0.2) is 24.4 Å². The van der Waals surface area contributed by atoms with E-state index in [1.54, 1.807) is 0 Å². The zero-order valence-electron chi connectivity index (χ0n) is 20.9.